The van der Waals surface area contributed by atoms with E-state index >= 15 is 0 Å². The number of hydrogen-bond acceptors (Lipinski definition) is 12. The van der Waals surface area contributed by atoms with Gasteiger partial charge in [-0.3, -0.25) is 0 Å². The van der Waals surface area contributed by atoms with Crippen LogP contribution in [0, 0.1) is 0 Å². The highest BCUT2D eigenvalue weighted by atomic mass is 32.2. The number of rotatable bonds is 27. The van der Waals surface area contributed by atoms with Gasteiger partial charge >= 0.3 is 14.6 Å². The number of carbonyl (C=O) groups excluding carboxylic acids is 1. The number of esters is 1. The summed E-state index contributed by atoms with van der Waals surface area (Å²) in [6, 6.07) is 64.9. The van der Waals surface area contributed by atoms with Crippen molar-refractivity contribution in [2.75, 3.05) is 46.8 Å². The molecule has 7 aromatic carbocycles. The van der Waals surface area contributed by atoms with Gasteiger partial charge in [0, 0.05) is 72.6 Å². The van der Waals surface area contributed by atoms with Crippen LogP contribution in [0.2, 0.25) is 0 Å². The number of thioether (sulfide) groups is 4. The van der Waals surface area contributed by atoms with Gasteiger partial charge < -0.3 is 33.7 Å². The highest BCUT2D eigenvalue weighted by Gasteiger charge is 2.21. The number of ether oxygens (including phenoxy) is 2. The lowest BCUT2D eigenvalue weighted by Gasteiger charge is -2.21. The van der Waals surface area contributed by atoms with E-state index in [1.165, 1.54) is 19.6 Å². The maximum Gasteiger partial charge on any atom is 0.530 e. The topological polar surface area (TPSA) is 87.3 Å². The van der Waals surface area contributed by atoms with Crippen LogP contribution in [0.4, 0.5) is 11.4 Å². The zero-order valence-electron chi connectivity index (χ0n) is 36.2. The molecular weight excluding hydrogens is 920 g/mol. The Morgan fingerprint density at radius 3 is 1.30 bits per heavy atom. The molecule has 0 aliphatic rings. The lowest BCUT2D eigenvalue weighted by atomic mass is 10.2. The van der Waals surface area contributed by atoms with Gasteiger partial charge in [0.2, 0.25) is 0 Å². The van der Waals surface area contributed by atoms with Gasteiger partial charge in [0.05, 0.1) is 0 Å². The first-order valence-electron chi connectivity index (χ1n) is 21.3. The van der Waals surface area contributed by atoms with E-state index < -0.39 is 14.6 Å². The minimum absolute atomic E-state index is 0.0476. The van der Waals surface area contributed by atoms with Crippen LogP contribution < -0.4 is 28.9 Å². The standard InChI is InChI=1S/C53H51N2O6PS4/c1-2-53(56)57-36-35-54-41-23-27-45(28-24-41)59-62(60-46-29-25-42(26-30-46)55-43(37-63-49-15-7-3-8-16-49)38-64-50-17-9-4-10-18-50)61-47-33-31-44(32-34-47)58-48(39-65-51-19-11-5-12-20-51)40-66-52-21-13-6-14-22-52/h2-34,43,48,54-55H,1,35-40H2. The first-order valence-corrected chi connectivity index (χ1v) is 26.4. The first-order chi connectivity index (χ1) is 32.5. The Kier molecular flexibility index (Phi) is 19.9. The van der Waals surface area contributed by atoms with E-state index in [9.17, 15) is 4.79 Å². The van der Waals surface area contributed by atoms with Crippen LogP contribution in [0.5, 0.6) is 23.0 Å². The van der Waals surface area contributed by atoms with Crippen LogP contribution in [0.3, 0.4) is 0 Å². The Morgan fingerprint density at radius 1 is 0.500 bits per heavy atom. The molecule has 0 amide bonds. The minimum atomic E-state index is -1.96. The van der Waals surface area contributed by atoms with Crippen LogP contribution in [0.15, 0.2) is 226 Å². The van der Waals surface area contributed by atoms with Crippen molar-refractivity contribution in [2.45, 2.75) is 31.7 Å². The summed E-state index contributed by atoms with van der Waals surface area (Å²) in [5.41, 5.74) is 1.83. The van der Waals surface area contributed by atoms with Gasteiger partial charge in [0.25, 0.3) is 0 Å². The highest BCUT2D eigenvalue weighted by molar-refractivity contribution is 8.00. The van der Waals surface area contributed by atoms with E-state index in [1.807, 2.05) is 121 Å². The molecule has 0 aliphatic heterocycles. The summed E-state index contributed by atoms with van der Waals surface area (Å²) in [6.45, 7) is 4.09. The van der Waals surface area contributed by atoms with Crippen LogP contribution in [-0.2, 0) is 9.53 Å². The maximum atomic E-state index is 11.4. The molecule has 0 aliphatic carbocycles. The molecule has 7 aromatic rings. The largest absolute Gasteiger partial charge is 0.530 e. The summed E-state index contributed by atoms with van der Waals surface area (Å²) >= 11 is 7.26. The second-order valence-corrected chi connectivity index (χ2v) is 19.8. The molecule has 0 radical (unpaired) electrons. The second kappa shape index (κ2) is 27.1. The van der Waals surface area contributed by atoms with Gasteiger partial charge in [-0.25, -0.2) is 4.79 Å². The normalized spacial score (nSPS) is 11.4. The molecule has 338 valence electrons. The summed E-state index contributed by atoms with van der Waals surface area (Å²) in [5, 5.41) is 7.00. The van der Waals surface area contributed by atoms with Gasteiger partial charge in [0.15, 0.2) is 0 Å². The van der Waals surface area contributed by atoms with Gasteiger partial charge in [-0.05, 0) is 121 Å². The number of carbonyl (C=O) groups is 1. The molecule has 2 N–H and O–H groups in total. The maximum absolute atomic E-state index is 11.4. The zero-order chi connectivity index (χ0) is 45.4. The molecule has 8 nitrogen and oxygen atoms in total. The molecule has 0 aromatic heterocycles. The van der Waals surface area contributed by atoms with Crippen molar-refractivity contribution in [3.05, 3.63) is 207 Å². The fourth-order valence-electron chi connectivity index (χ4n) is 6.06. The second-order valence-electron chi connectivity index (χ2n) is 14.4. The molecule has 0 heterocycles. The van der Waals surface area contributed by atoms with Crippen LogP contribution in [0.1, 0.15) is 0 Å². The average Bonchev–Trinajstić information content (AvgIpc) is 3.37. The Labute approximate surface area is 406 Å². The summed E-state index contributed by atoms with van der Waals surface area (Å²) in [7, 11) is -1.96. The lowest BCUT2D eigenvalue weighted by molar-refractivity contribution is -0.137. The van der Waals surface area contributed by atoms with Crippen molar-refractivity contribution in [3.8, 4) is 23.0 Å². The van der Waals surface area contributed by atoms with E-state index in [2.05, 4.69) is 114 Å². The predicted molar refractivity (Wildman–Crippen MR) is 278 cm³/mol. The summed E-state index contributed by atoms with van der Waals surface area (Å²) in [5.74, 6) is 5.40. The van der Waals surface area contributed by atoms with Gasteiger partial charge in [-0.1, -0.05) is 79.4 Å². The van der Waals surface area contributed by atoms with Crippen molar-refractivity contribution in [2.24, 2.45) is 0 Å². The van der Waals surface area contributed by atoms with E-state index in [1.54, 1.807) is 23.5 Å². The number of anilines is 2. The van der Waals surface area contributed by atoms with Crippen LogP contribution in [0.25, 0.3) is 0 Å². The zero-order valence-corrected chi connectivity index (χ0v) is 40.3. The number of hydrogen-bond donors (Lipinski definition) is 2. The molecule has 0 spiro atoms. The molecule has 0 fully saturated rings. The fourth-order valence-corrected chi connectivity index (χ4v) is 11.1. The Bertz CT molecular complexity index is 2240. The summed E-state index contributed by atoms with van der Waals surface area (Å²) in [6.07, 6.45) is 1.10. The van der Waals surface area contributed by atoms with Gasteiger partial charge in [0.1, 0.15) is 35.7 Å². The van der Waals surface area contributed by atoms with E-state index in [0.717, 1.165) is 46.2 Å². The first kappa shape index (κ1) is 48.3. The number of benzene rings is 7. The average molecular weight is 971 g/mol. The quantitative estimate of drug-likeness (QED) is 0.0169. The van der Waals surface area contributed by atoms with E-state index in [0.29, 0.717) is 23.8 Å². The lowest BCUT2D eigenvalue weighted by Crippen LogP contribution is -2.25. The third-order valence-corrected chi connectivity index (χ3v) is 15.1. The molecule has 0 saturated carbocycles. The monoisotopic (exact) mass is 970 g/mol. The molecule has 7 rings (SSSR count). The van der Waals surface area contributed by atoms with Gasteiger partial charge in [-0.15, -0.1) is 47.0 Å². The molecule has 0 bridgehead atoms. The van der Waals surface area contributed by atoms with Crippen molar-refractivity contribution < 1.29 is 27.8 Å². The summed E-state index contributed by atoms with van der Waals surface area (Å²) < 4.78 is 30.9. The summed E-state index contributed by atoms with van der Waals surface area (Å²) in [4.78, 5) is 16.3. The minimum Gasteiger partial charge on any atom is -0.489 e. The Balaban J connectivity index is 1.02. The van der Waals surface area contributed by atoms with Crippen molar-refractivity contribution in [1.82, 2.24) is 0 Å². The van der Waals surface area contributed by atoms with Crippen LogP contribution >= 0.6 is 55.6 Å². The molecule has 1 atom stereocenters. The van der Waals surface area contributed by atoms with Crippen molar-refractivity contribution in [1.29, 1.82) is 0 Å². The predicted octanol–water partition coefficient (Wildman–Crippen LogP) is 14.3. The van der Waals surface area contributed by atoms with E-state index in [4.69, 9.17) is 23.0 Å². The third kappa shape index (κ3) is 17.3. The third-order valence-electron chi connectivity index (χ3n) is 9.33. The SMILES string of the molecule is C=CC(=O)OCCNc1ccc(OP(Oc2ccc(NC(CSc3ccccc3)CSc3ccccc3)cc2)Oc2ccc(OC(CSc3ccccc3)CSc3ccccc3)cc2)cc1. The number of nitrogens with one attached hydrogen (secondary N) is 2. The molecular formula is C53H51N2O6PS4. The molecule has 1 unspecified atom stereocenters. The molecule has 66 heavy (non-hydrogen) atoms. The van der Waals surface area contributed by atoms with Crippen molar-refractivity contribution >= 4 is 73.0 Å². The Hall–Kier alpha value is -5.62. The molecule has 13 heteroatoms. The highest BCUT2D eigenvalue weighted by Crippen LogP contribution is 2.43. The molecule has 0 saturated heterocycles. The van der Waals surface area contributed by atoms with Crippen LogP contribution in [-0.4, -0.2) is 54.3 Å². The fraction of sp³-hybridized carbons (Fsp3) is 0.151. The van der Waals surface area contributed by atoms with Crippen molar-refractivity contribution in [3.63, 3.8) is 0 Å². The van der Waals surface area contributed by atoms with E-state index in [-0.39, 0.29) is 18.8 Å². The van der Waals surface area contributed by atoms with Gasteiger partial charge in [-0.2, -0.15) is 0 Å². The smallest absolute Gasteiger partial charge is 0.489 e. The Morgan fingerprint density at radius 2 is 0.879 bits per heavy atom.